The number of unbranched alkanes of at least 4 members (excludes halogenated alkanes) is 60. The first-order valence-corrected chi connectivity index (χ1v) is 47.3. The number of carbonyl (C=O) groups is 2. The Kier molecular flexibility index (Phi) is 66.0. The molecule has 6 nitrogen and oxygen atoms in total. The molecule has 6 heteroatoms. The normalized spacial score (nSPS) is 12.9. The minimum absolute atomic E-state index is 0.0500. The summed E-state index contributed by atoms with van der Waals surface area (Å²) in [5.74, 6) is -1.10. The van der Waals surface area contributed by atoms with Gasteiger partial charge in [0.2, 0.25) is 0 Å². The van der Waals surface area contributed by atoms with Gasteiger partial charge in [-0.1, -0.05) is 465 Å². The Labute approximate surface area is 654 Å². The molecule has 0 aromatic heterocycles. The number of esters is 2. The van der Waals surface area contributed by atoms with Gasteiger partial charge >= 0.3 is 11.9 Å². The molecular weight excluding hydrogens is 1290 g/mol. The smallest absolute Gasteiger partial charge is 0.317 e. The number of ether oxygens (including phenoxy) is 2. The monoisotopic (exact) mass is 1470 g/mol. The summed E-state index contributed by atoms with van der Waals surface area (Å²) in [6, 6.07) is 9.25. The van der Waals surface area contributed by atoms with Crippen molar-refractivity contribution in [1.82, 2.24) is 0 Å². The number of benzene rings is 2. The summed E-state index contributed by atoms with van der Waals surface area (Å²) in [7, 11) is 0. The van der Waals surface area contributed by atoms with E-state index in [0.717, 1.165) is 86.5 Å². The number of aliphatic hydroxyl groups is 2. The Morgan fingerprint density at radius 1 is 0.257 bits per heavy atom. The van der Waals surface area contributed by atoms with E-state index in [4.69, 9.17) is 9.47 Å². The van der Waals surface area contributed by atoms with E-state index >= 15 is 0 Å². The van der Waals surface area contributed by atoms with E-state index in [1.54, 1.807) is 0 Å². The van der Waals surface area contributed by atoms with Gasteiger partial charge in [-0.15, -0.1) is 0 Å². The largest absolute Gasteiger partial charge is 0.460 e. The van der Waals surface area contributed by atoms with E-state index in [1.807, 2.05) is 0 Å². The van der Waals surface area contributed by atoms with Gasteiger partial charge in [-0.05, 0) is 109 Å². The van der Waals surface area contributed by atoms with Crippen molar-refractivity contribution < 1.29 is 29.3 Å². The van der Waals surface area contributed by atoms with Gasteiger partial charge in [-0.25, -0.2) is 0 Å². The molecule has 0 amide bonds. The third kappa shape index (κ3) is 51.5. The first-order valence-electron chi connectivity index (χ1n) is 47.3. The van der Waals surface area contributed by atoms with Crippen molar-refractivity contribution in [2.45, 2.75) is 535 Å². The highest BCUT2D eigenvalue weighted by Gasteiger charge is 2.29. The van der Waals surface area contributed by atoms with Crippen molar-refractivity contribution in [2.75, 3.05) is 13.2 Å². The summed E-state index contributed by atoms with van der Waals surface area (Å²) >= 11 is 0. The quantitative estimate of drug-likeness (QED) is 0.0389. The molecule has 2 N–H and O–H groups in total. The molecule has 0 spiro atoms. The summed E-state index contributed by atoms with van der Waals surface area (Å²) in [4.78, 5) is 28.2. The van der Waals surface area contributed by atoms with E-state index in [0.29, 0.717) is 0 Å². The van der Waals surface area contributed by atoms with E-state index in [2.05, 4.69) is 79.7 Å². The van der Waals surface area contributed by atoms with E-state index in [1.165, 1.54) is 408 Å². The van der Waals surface area contributed by atoms with Crippen LogP contribution >= 0.6 is 0 Å². The van der Waals surface area contributed by atoms with Crippen LogP contribution in [0.1, 0.15) is 530 Å². The molecule has 105 heavy (non-hydrogen) atoms. The Bertz CT molecular complexity index is 2100. The summed E-state index contributed by atoms with van der Waals surface area (Å²) in [6.45, 7) is 18.2. The Morgan fingerprint density at radius 2 is 0.429 bits per heavy atom. The van der Waals surface area contributed by atoms with Gasteiger partial charge in [0.1, 0.15) is 19.6 Å². The lowest BCUT2D eigenvalue weighted by atomic mass is 9.77. The van der Waals surface area contributed by atoms with Gasteiger partial charge in [0.25, 0.3) is 0 Å². The van der Waals surface area contributed by atoms with Gasteiger partial charge in [-0.2, -0.15) is 0 Å². The van der Waals surface area contributed by atoms with Crippen LogP contribution in [0.2, 0.25) is 0 Å². The molecular formula is C99H180O6. The minimum Gasteiger partial charge on any atom is -0.460 e. The summed E-state index contributed by atoms with van der Waals surface area (Å²) < 4.78 is 12.4. The lowest BCUT2D eigenvalue weighted by Gasteiger charge is -2.29. The topological polar surface area (TPSA) is 93.1 Å². The molecule has 0 aliphatic carbocycles. The third-order valence-corrected chi connectivity index (χ3v) is 24.7. The maximum absolute atomic E-state index is 14.1. The zero-order chi connectivity index (χ0) is 76.0. The molecule has 0 saturated carbocycles. The van der Waals surface area contributed by atoms with Crippen LogP contribution in [0.3, 0.4) is 0 Å². The van der Waals surface area contributed by atoms with Gasteiger partial charge in [0.05, 0.1) is 13.2 Å². The highest BCUT2D eigenvalue weighted by Crippen LogP contribution is 2.36. The zero-order valence-corrected chi connectivity index (χ0v) is 71.9. The van der Waals surface area contributed by atoms with Crippen molar-refractivity contribution in [3.63, 3.8) is 0 Å². The van der Waals surface area contributed by atoms with Crippen LogP contribution in [0.5, 0.6) is 0 Å². The lowest BCUT2D eigenvalue weighted by Crippen LogP contribution is -2.26. The lowest BCUT2D eigenvalue weighted by molar-refractivity contribution is -0.156. The van der Waals surface area contributed by atoms with Crippen LogP contribution in [0.25, 0.3) is 0 Å². The fraction of sp³-hybridized carbons (Fsp3) is 0.859. The Balaban J connectivity index is 2.26. The van der Waals surface area contributed by atoms with Gasteiger partial charge < -0.3 is 19.7 Å². The molecule has 2 aromatic rings. The van der Waals surface area contributed by atoms with Gasteiger partial charge in [0, 0.05) is 10.8 Å². The average Bonchev–Trinajstić information content (AvgIpc) is 0.801. The molecule has 0 radical (unpaired) electrons. The van der Waals surface area contributed by atoms with Crippen molar-refractivity contribution in [3.8, 4) is 0 Å². The van der Waals surface area contributed by atoms with Gasteiger partial charge in [-0.3, -0.25) is 9.59 Å². The van der Waals surface area contributed by atoms with Crippen LogP contribution < -0.4 is 0 Å². The molecule has 0 aliphatic heterocycles. The molecule has 0 heterocycles. The first-order chi connectivity index (χ1) is 51.5. The maximum atomic E-state index is 14.1. The Hall–Kier alpha value is -2.70. The molecule has 0 bridgehead atoms. The van der Waals surface area contributed by atoms with Gasteiger partial charge in [0.15, 0.2) is 0 Å². The molecule has 2 rings (SSSR count). The van der Waals surface area contributed by atoms with E-state index in [-0.39, 0.29) is 26.4 Å². The maximum Gasteiger partial charge on any atom is 0.317 e. The first kappa shape index (κ1) is 98.4. The predicted molar refractivity (Wildman–Crippen MR) is 460 cm³/mol. The molecule has 0 saturated heterocycles. The fourth-order valence-corrected chi connectivity index (χ4v) is 16.4. The summed E-state index contributed by atoms with van der Waals surface area (Å²) in [5, 5.41) is 21.9. The van der Waals surface area contributed by atoms with Crippen LogP contribution in [-0.4, -0.2) is 35.4 Å². The van der Waals surface area contributed by atoms with Crippen LogP contribution in [0.15, 0.2) is 24.3 Å². The highest BCUT2D eigenvalue weighted by atomic mass is 16.6. The number of aryl methyl sites for hydroxylation is 2. The SMILES string of the molecule is CCCCCCCCCCCCCCCCCCc1cc(C(C)(CC)CO)cc(COC(=O)CC(=O)OCc2cc(C(C)(CC)CO)cc(CCCCCCCCCCCCCCCCCC)c2CCCCCCCCCCCCCCCCCC)c1CCCCCCCCCCCCCCCCCC. The zero-order valence-electron chi connectivity index (χ0n) is 71.9. The van der Waals surface area contributed by atoms with Crippen molar-refractivity contribution in [1.29, 1.82) is 0 Å². The second kappa shape index (κ2) is 70.4. The molecule has 2 unspecified atom stereocenters. The molecule has 612 valence electrons. The molecule has 2 atom stereocenters. The van der Waals surface area contributed by atoms with Crippen LogP contribution in [0, 0.1) is 0 Å². The number of hydrogen-bond acceptors (Lipinski definition) is 6. The second-order valence-electron chi connectivity index (χ2n) is 34.4. The minimum atomic E-state index is -0.552. The van der Waals surface area contributed by atoms with E-state index in [9.17, 15) is 19.8 Å². The second-order valence-corrected chi connectivity index (χ2v) is 34.4. The third-order valence-electron chi connectivity index (χ3n) is 24.7. The highest BCUT2D eigenvalue weighted by molar-refractivity contribution is 5.91. The molecule has 0 aliphatic rings. The van der Waals surface area contributed by atoms with Crippen molar-refractivity contribution in [2.24, 2.45) is 0 Å². The van der Waals surface area contributed by atoms with Crippen LogP contribution in [0.4, 0.5) is 0 Å². The number of carbonyl (C=O) groups excluding carboxylic acids is 2. The average molecular weight is 1470 g/mol. The summed E-state index contributed by atoms with van der Waals surface area (Å²) in [6.07, 6.45) is 91.0. The fourth-order valence-electron chi connectivity index (χ4n) is 16.4. The molecule has 2 aromatic carbocycles. The van der Waals surface area contributed by atoms with Crippen molar-refractivity contribution in [3.05, 3.63) is 68.8 Å². The standard InChI is InChI=1S/C99H180O6/c1-9-15-19-23-27-31-35-39-43-47-51-55-59-63-67-71-75-88-79-92(98(7,13-5)86-100)81-90(94(88)77-73-69-65-61-57-53-49-45-41-37-33-29-25-21-17-11-3)84-104-96(102)83-97(103)105-85-91-82-93(99(8,14-6)87-101)80-89(76-72-68-64-60-56-52-48-44-40-36-32-28-24-20-16-10-2)95(91)78-74-70-66-62-58-54-50-46-42-38-34-30-26-22-18-12-4/h79-82,100-101H,9-78,83-87H2,1-8H3. The summed E-state index contributed by atoms with van der Waals surface area (Å²) in [5.41, 5.74) is 8.79. The molecule has 0 fully saturated rings. The number of hydrogen-bond donors (Lipinski definition) is 2. The predicted octanol–water partition coefficient (Wildman–Crippen LogP) is 31.4. The number of rotatable bonds is 80. The Morgan fingerprint density at radius 3 is 0.610 bits per heavy atom. The van der Waals surface area contributed by atoms with Crippen molar-refractivity contribution >= 4 is 11.9 Å². The van der Waals surface area contributed by atoms with Crippen LogP contribution in [-0.2, 0) is 68.8 Å². The van der Waals surface area contributed by atoms with E-state index < -0.39 is 29.2 Å². The number of aliphatic hydroxyl groups excluding tert-OH is 2.